The van der Waals surface area contributed by atoms with Gasteiger partial charge in [-0.1, -0.05) is 0 Å². The Morgan fingerprint density at radius 3 is 2.29 bits per heavy atom. The second-order valence-corrected chi connectivity index (χ2v) is 9.62. The number of nitrogens with one attached hydrogen (secondary N) is 2. The molecule has 188 valence electrons. The third kappa shape index (κ3) is 7.16. The Hall–Kier alpha value is -3.18. The van der Waals surface area contributed by atoms with Gasteiger partial charge in [-0.25, -0.2) is 18.6 Å². The molecule has 1 aromatic heterocycles. The van der Waals surface area contributed by atoms with Crippen LogP contribution < -0.4 is 15.5 Å². The summed E-state index contributed by atoms with van der Waals surface area (Å²) in [6.07, 6.45) is 0.505. The summed E-state index contributed by atoms with van der Waals surface area (Å²) in [6.45, 7) is 11.0. The number of aromatic nitrogens is 1. The highest BCUT2D eigenvalue weighted by Crippen LogP contribution is 2.31. The minimum Gasteiger partial charge on any atom is -0.504 e. The van der Waals surface area contributed by atoms with E-state index in [0.717, 1.165) is 12.1 Å². The first kappa shape index (κ1) is 27.1. The van der Waals surface area contributed by atoms with Gasteiger partial charge in [0.15, 0.2) is 23.1 Å². The number of carbonyl (C=O) groups is 1. The van der Waals surface area contributed by atoms with Gasteiger partial charge in [-0.3, -0.25) is 15.6 Å². The lowest BCUT2D eigenvalue weighted by Gasteiger charge is -2.36. The molecule has 0 aliphatic rings. The van der Waals surface area contributed by atoms with Gasteiger partial charge in [0, 0.05) is 6.07 Å². The van der Waals surface area contributed by atoms with Crippen molar-refractivity contribution in [3.8, 4) is 11.5 Å². The minimum absolute atomic E-state index is 0.0522. The van der Waals surface area contributed by atoms with Crippen molar-refractivity contribution in [1.82, 2.24) is 4.98 Å². The number of halogens is 2. The zero-order chi connectivity index (χ0) is 25.9. The fraction of sp³-hybridized carbons (Fsp3) is 0.478. The Bertz CT molecular complexity index is 1030. The van der Waals surface area contributed by atoms with Gasteiger partial charge < -0.3 is 19.7 Å². The van der Waals surface area contributed by atoms with Crippen molar-refractivity contribution in [2.24, 2.45) is 0 Å². The predicted molar refractivity (Wildman–Crippen MR) is 122 cm³/mol. The third-order valence-corrected chi connectivity index (χ3v) is 4.92. The van der Waals surface area contributed by atoms with Crippen molar-refractivity contribution in [2.45, 2.75) is 71.9 Å². The molecule has 0 spiro atoms. The SMILES string of the molecule is CC(C)(C)OC(=O)Nc1ncc(NOC(C)(C)C(C)(C)O)cc1OCc1c(F)ccc(F)c1O. The third-order valence-electron chi connectivity index (χ3n) is 4.92. The number of anilines is 2. The quantitative estimate of drug-likeness (QED) is 0.392. The maximum absolute atomic E-state index is 14.1. The summed E-state index contributed by atoms with van der Waals surface area (Å²) in [7, 11) is 0. The lowest BCUT2D eigenvalue weighted by atomic mass is 9.90. The van der Waals surface area contributed by atoms with Crippen molar-refractivity contribution < 1.29 is 38.1 Å². The number of benzene rings is 1. The van der Waals surface area contributed by atoms with Gasteiger partial charge in [-0.15, -0.1) is 0 Å². The van der Waals surface area contributed by atoms with Gasteiger partial charge in [-0.2, -0.15) is 0 Å². The molecule has 2 aromatic rings. The molecule has 4 N–H and O–H groups in total. The van der Waals surface area contributed by atoms with Crippen molar-refractivity contribution in [3.63, 3.8) is 0 Å². The molecule has 0 saturated heterocycles. The number of ether oxygens (including phenoxy) is 2. The van der Waals surface area contributed by atoms with Gasteiger partial charge in [0.1, 0.15) is 23.6 Å². The van der Waals surface area contributed by atoms with E-state index in [1.165, 1.54) is 12.3 Å². The highest BCUT2D eigenvalue weighted by molar-refractivity contribution is 5.85. The normalized spacial score (nSPS) is 12.3. The summed E-state index contributed by atoms with van der Waals surface area (Å²) in [5.74, 6) is -2.90. The number of hydrogen-bond donors (Lipinski definition) is 4. The Kier molecular flexibility index (Phi) is 7.94. The van der Waals surface area contributed by atoms with E-state index < -0.39 is 52.5 Å². The molecule has 0 aliphatic heterocycles. The lowest BCUT2D eigenvalue weighted by molar-refractivity contribution is -0.130. The van der Waals surface area contributed by atoms with Crippen LogP contribution in [0.2, 0.25) is 0 Å². The number of phenols is 1. The van der Waals surface area contributed by atoms with Gasteiger partial charge in [-0.05, 0) is 60.6 Å². The highest BCUT2D eigenvalue weighted by atomic mass is 19.1. The maximum atomic E-state index is 14.1. The number of phenolic OH excluding ortho intramolecular Hbond substituents is 1. The van der Waals surface area contributed by atoms with Crippen LogP contribution in [0.5, 0.6) is 11.5 Å². The molecule has 1 heterocycles. The topological polar surface area (TPSA) is 122 Å². The Morgan fingerprint density at radius 1 is 1.09 bits per heavy atom. The molecular formula is C23H31F2N3O6. The number of aromatic hydroxyl groups is 1. The van der Waals surface area contributed by atoms with E-state index in [2.05, 4.69) is 15.8 Å². The first-order valence-corrected chi connectivity index (χ1v) is 10.5. The Morgan fingerprint density at radius 2 is 1.71 bits per heavy atom. The predicted octanol–water partition coefficient (Wildman–Crippen LogP) is 4.88. The van der Waals surface area contributed by atoms with Gasteiger partial charge in [0.25, 0.3) is 0 Å². The summed E-state index contributed by atoms with van der Waals surface area (Å²) < 4.78 is 38.5. The largest absolute Gasteiger partial charge is 0.504 e. The molecule has 0 unspecified atom stereocenters. The standard InChI is InChI=1S/C23H31F2N3O6/c1-21(2,3)33-20(30)27-19-17(32-12-14-15(24)8-9-16(25)18(14)29)10-13(11-26-19)28-34-23(6,7)22(4,5)31/h8-11,28-29,31H,12H2,1-7H3,(H,26,27,30). The monoisotopic (exact) mass is 483 g/mol. The molecule has 11 heteroatoms. The molecule has 0 radical (unpaired) electrons. The fourth-order valence-electron chi connectivity index (χ4n) is 2.29. The highest BCUT2D eigenvalue weighted by Gasteiger charge is 2.37. The second-order valence-electron chi connectivity index (χ2n) is 9.62. The molecule has 1 amide bonds. The summed E-state index contributed by atoms with van der Waals surface area (Å²) >= 11 is 0. The van der Waals surface area contributed by atoms with E-state index in [9.17, 15) is 23.8 Å². The van der Waals surface area contributed by atoms with Gasteiger partial charge in [0.05, 0.1) is 23.0 Å². The number of pyridine rings is 1. The van der Waals surface area contributed by atoms with Crippen LogP contribution in [0.25, 0.3) is 0 Å². The molecule has 9 nitrogen and oxygen atoms in total. The number of nitrogens with zero attached hydrogens (tertiary/aromatic N) is 1. The van der Waals surface area contributed by atoms with Crippen LogP contribution in [-0.2, 0) is 16.2 Å². The Labute approximate surface area is 197 Å². The number of carbonyl (C=O) groups excluding carboxylic acids is 1. The van der Waals surface area contributed by atoms with E-state index in [1.54, 1.807) is 48.5 Å². The summed E-state index contributed by atoms with van der Waals surface area (Å²) in [4.78, 5) is 21.9. The van der Waals surface area contributed by atoms with E-state index in [1.807, 2.05) is 0 Å². The van der Waals surface area contributed by atoms with Gasteiger partial charge >= 0.3 is 6.09 Å². The lowest BCUT2D eigenvalue weighted by Crippen LogP contribution is -2.48. The maximum Gasteiger partial charge on any atom is 0.413 e. The van der Waals surface area contributed by atoms with E-state index in [-0.39, 0.29) is 17.3 Å². The molecule has 0 saturated carbocycles. The van der Waals surface area contributed by atoms with Crippen LogP contribution in [0.1, 0.15) is 54.0 Å². The van der Waals surface area contributed by atoms with E-state index in [4.69, 9.17) is 14.3 Å². The molecule has 34 heavy (non-hydrogen) atoms. The molecule has 0 atom stereocenters. The molecule has 2 rings (SSSR count). The van der Waals surface area contributed by atoms with Crippen LogP contribution in [0, 0.1) is 11.6 Å². The van der Waals surface area contributed by atoms with Crippen molar-refractivity contribution in [2.75, 3.05) is 10.8 Å². The van der Waals surface area contributed by atoms with Crippen LogP contribution in [0.15, 0.2) is 24.4 Å². The fourth-order valence-corrected chi connectivity index (χ4v) is 2.29. The second kappa shape index (κ2) is 9.98. The first-order valence-electron chi connectivity index (χ1n) is 10.5. The van der Waals surface area contributed by atoms with E-state index in [0.29, 0.717) is 0 Å². The Balaban J connectivity index is 2.31. The van der Waals surface area contributed by atoms with Crippen LogP contribution in [0.4, 0.5) is 25.1 Å². The first-order chi connectivity index (χ1) is 15.5. The molecular weight excluding hydrogens is 452 g/mol. The summed E-state index contributed by atoms with van der Waals surface area (Å²) in [5.41, 5.74) is -0.487. The zero-order valence-corrected chi connectivity index (χ0v) is 20.2. The average Bonchev–Trinajstić information content (AvgIpc) is 2.68. The minimum atomic E-state index is -1.20. The van der Waals surface area contributed by atoms with E-state index >= 15 is 0 Å². The van der Waals surface area contributed by atoms with Crippen molar-refractivity contribution in [1.29, 1.82) is 0 Å². The smallest absolute Gasteiger partial charge is 0.413 e. The number of hydrogen-bond acceptors (Lipinski definition) is 8. The zero-order valence-electron chi connectivity index (χ0n) is 20.2. The van der Waals surface area contributed by atoms with Crippen LogP contribution >= 0.6 is 0 Å². The van der Waals surface area contributed by atoms with Crippen molar-refractivity contribution >= 4 is 17.6 Å². The number of aliphatic hydroxyl groups is 1. The molecule has 1 aromatic carbocycles. The van der Waals surface area contributed by atoms with Crippen molar-refractivity contribution in [3.05, 3.63) is 41.6 Å². The number of amides is 1. The van der Waals surface area contributed by atoms with Crippen LogP contribution in [0.3, 0.4) is 0 Å². The van der Waals surface area contributed by atoms with Crippen LogP contribution in [-0.4, -0.2) is 38.1 Å². The summed E-state index contributed by atoms with van der Waals surface area (Å²) in [5, 5.41) is 22.5. The number of rotatable bonds is 8. The molecule has 0 fully saturated rings. The molecule has 0 aliphatic carbocycles. The molecule has 0 bridgehead atoms. The summed E-state index contributed by atoms with van der Waals surface area (Å²) in [6, 6.07) is 3.03. The van der Waals surface area contributed by atoms with Gasteiger partial charge in [0.2, 0.25) is 0 Å². The average molecular weight is 484 g/mol.